The van der Waals surface area contributed by atoms with E-state index in [0.29, 0.717) is 6.07 Å². The summed E-state index contributed by atoms with van der Waals surface area (Å²) in [6.45, 7) is -0.401. The number of rotatable bonds is 5. The van der Waals surface area contributed by atoms with Crippen molar-refractivity contribution in [1.82, 2.24) is 5.32 Å². The van der Waals surface area contributed by atoms with Gasteiger partial charge in [-0.1, -0.05) is 5.92 Å². The summed E-state index contributed by atoms with van der Waals surface area (Å²) in [5, 5.41) is 12.9. The quantitative estimate of drug-likeness (QED) is 0.478. The van der Waals surface area contributed by atoms with E-state index in [4.69, 9.17) is 11.2 Å². The fraction of sp³-hybridized carbons (Fsp3) is 0.182. The molecule has 0 spiro atoms. The second-order valence-electron chi connectivity index (χ2n) is 3.14. The van der Waals surface area contributed by atoms with E-state index >= 15 is 0 Å². The normalized spacial score (nSPS) is 9.33. The molecule has 0 saturated carbocycles. The maximum atomic E-state index is 12.8. The van der Waals surface area contributed by atoms with Crippen LogP contribution >= 0.6 is 0 Å². The summed E-state index contributed by atoms with van der Waals surface area (Å²) >= 11 is 0. The van der Waals surface area contributed by atoms with Crippen molar-refractivity contribution in [3.05, 3.63) is 34.1 Å². The average molecular weight is 252 g/mol. The second kappa shape index (κ2) is 6.20. The van der Waals surface area contributed by atoms with E-state index in [1.165, 1.54) is 0 Å². The highest BCUT2D eigenvalue weighted by molar-refractivity contribution is 5.77. The second-order valence-corrected chi connectivity index (χ2v) is 3.14. The van der Waals surface area contributed by atoms with Gasteiger partial charge in [0.15, 0.2) is 12.4 Å². The molecule has 94 valence electrons. The summed E-state index contributed by atoms with van der Waals surface area (Å²) in [6, 6.07) is 2.80. The number of nitrogens with zero attached hydrogens (tertiary/aromatic N) is 1. The van der Waals surface area contributed by atoms with Crippen molar-refractivity contribution in [2.24, 2.45) is 0 Å². The summed E-state index contributed by atoms with van der Waals surface area (Å²) in [4.78, 5) is 21.0. The number of hydrogen-bond donors (Lipinski definition) is 1. The minimum Gasteiger partial charge on any atom is -0.477 e. The molecule has 1 amide bonds. The summed E-state index contributed by atoms with van der Waals surface area (Å²) in [7, 11) is 0. The molecule has 0 bridgehead atoms. The number of nitro benzene ring substituents is 1. The lowest BCUT2D eigenvalue weighted by molar-refractivity contribution is -0.386. The molecular formula is C11H9FN2O4. The fourth-order valence-corrected chi connectivity index (χ4v) is 1.10. The van der Waals surface area contributed by atoms with Gasteiger partial charge in [0, 0.05) is 0 Å². The molecule has 0 heterocycles. The number of carbonyl (C=O) groups is 1. The Labute approximate surface area is 102 Å². The first-order valence-corrected chi connectivity index (χ1v) is 4.81. The van der Waals surface area contributed by atoms with Gasteiger partial charge in [-0.15, -0.1) is 6.42 Å². The predicted molar refractivity (Wildman–Crippen MR) is 60.4 cm³/mol. The highest BCUT2D eigenvalue weighted by Gasteiger charge is 2.17. The lowest BCUT2D eigenvalue weighted by Crippen LogP contribution is -2.29. The van der Waals surface area contributed by atoms with Crippen LogP contribution in [-0.2, 0) is 4.79 Å². The van der Waals surface area contributed by atoms with Crippen LogP contribution in [-0.4, -0.2) is 24.0 Å². The van der Waals surface area contributed by atoms with E-state index in [0.717, 1.165) is 12.1 Å². The van der Waals surface area contributed by atoms with Crippen LogP contribution in [0.2, 0.25) is 0 Å². The smallest absolute Gasteiger partial charge is 0.313 e. The highest BCUT2D eigenvalue weighted by atomic mass is 19.1. The monoisotopic (exact) mass is 252 g/mol. The largest absolute Gasteiger partial charge is 0.477 e. The topological polar surface area (TPSA) is 81.5 Å². The molecule has 0 aliphatic rings. The molecule has 0 atom stereocenters. The zero-order chi connectivity index (χ0) is 13.5. The molecule has 6 nitrogen and oxygen atoms in total. The van der Waals surface area contributed by atoms with Gasteiger partial charge in [-0.2, -0.15) is 0 Å². The Morgan fingerprint density at radius 3 is 2.94 bits per heavy atom. The van der Waals surface area contributed by atoms with Gasteiger partial charge in [0.05, 0.1) is 17.5 Å². The molecule has 1 aromatic carbocycles. The van der Waals surface area contributed by atoms with Crippen LogP contribution in [0, 0.1) is 28.3 Å². The number of benzene rings is 1. The fourth-order valence-electron chi connectivity index (χ4n) is 1.10. The molecule has 7 heteroatoms. The van der Waals surface area contributed by atoms with Crippen LogP contribution in [0.4, 0.5) is 10.1 Å². The molecule has 18 heavy (non-hydrogen) atoms. The standard InChI is InChI=1S/C11H9FN2O4/c1-2-5-13-11(15)7-18-10-4-3-8(12)6-9(10)14(16)17/h1,3-4,6H,5,7H2,(H,13,15). The number of halogens is 1. The van der Waals surface area contributed by atoms with Crippen molar-refractivity contribution < 1.29 is 18.8 Å². The van der Waals surface area contributed by atoms with Crippen molar-refractivity contribution >= 4 is 11.6 Å². The van der Waals surface area contributed by atoms with Crippen molar-refractivity contribution in [3.8, 4) is 18.1 Å². The van der Waals surface area contributed by atoms with Gasteiger partial charge in [-0.25, -0.2) is 4.39 Å². The lowest BCUT2D eigenvalue weighted by Gasteiger charge is -2.06. The zero-order valence-electron chi connectivity index (χ0n) is 9.18. The van der Waals surface area contributed by atoms with Crippen LogP contribution < -0.4 is 10.1 Å². The molecule has 0 aromatic heterocycles. The average Bonchev–Trinajstić information content (AvgIpc) is 2.34. The summed E-state index contributed by atoms with van der Waals surface area (Å²) in [6.07, 6.45) is 4.93. The van der Waals surface area contributed by atoms with E-state index in [2.05, 4.69) is 11.2 Å². The van der Waals surface area contributed by atoms with Gasteiger partial charge in [0.2, 0.25) is 0 Å². The van der Waals surface area contributed by atoms with Crippen molar-refractivity contribution in [1.29, 1.82) is 0 Å². The van der Waals surface area contributed by atoms with Crippen LogP contribution in [0.15, 0.2) is 18.2 Å². The van der Waals surface area contributed by atoms with E-state index in [1.54, 1.807) is 0 Å². The third-order valence-electron chi connectivity index (χ3n) is 1.86. The zero-order valence-corrected chi connectivity index (χ0v) is 9.18. The van der Waals surface area contributed by atoms with E-state index in [9.17, 15) is 19.3 Å². The van der Waals surface area contributed by atoms with Gasteiger partial charge in [-0.05, 0) is 12.1 Å². The summed E-state index contributed by atoms with van der Waals surface area (Å²) in [5.41, 5.74) is -0.542. The van der Waals surface area contributed by atoms with Crippen molar-refractivity contribution in [2.45, 2.75) is 0 Å². The Kier molecular flexibility index (Phi) is 4.63. The lowest BCUT2D eigenvalue weighted by atomic mass is 10.3. The predicted octanol–water partition coefficient (Wildman–Crippen LogP) is 0.862. The molecule has 0 saturated heterocycles. The first-order chi connectivity index (χ1) is 8.54. The Morgan fingerprint density at radius 2 is 2.33 bits per heavy atom. The first-order valence-electron chi connectivity index (χ1n) is 4.81. The van der Waals surface area contributed by atoms with Crippen LogP contribution in [0.1, 0.15) is 0 Å². The molecule has 1 rings (SSSR count). The molecule has 0 radical (unpaired) electrons. The molecule has 1 N–H and O–H groups in total. The number of hydrogen-bond acceptors (Lipinski definition) is 4. The molecular weight excluding hydrogens is 243 g/mol. The molecule has 0 unspecified atom stereocenters. The van der Waals surface area contributed by atoms with Gasteiger partial charge >= 0.3 is 5.69 Å². The van der Waals surface area contributed by atoms with Crippen LogP contribution in [0.5, 0.6) is 5.75 Å². The first kappa shape index (κ1) is 13.4. The highest BCUT2D eigenvalue weighted by Crippen LogP contribution is 2.27. The van der Waals surface area contributed by atoms with E-state index < -0.39 is 28.9 Å². The number of amides is 1. The van der Waals surface area contributed by atoms with Gasteiger partial charge in [-0.3, -0.25) is 14.9 Å². The third kappa shape index (κ3) is 3.75. The Morgan fingerprint density at radius 1 is 1.61 bits per heavy atom. The Hall–Kier alpha value is -2.62. The van der Waals surface area contributed by atoms with E-state index in [1.807, 2.05) is 0 Å². The molecule has 0 aliphatic heterocycles. The number of nitro groups is 1. The van der Waals surface area contributed by atoms with Crippen molar-refractivity contribution in [3.63, 3.8) is 0 Å². The molecule has 0 fully saturated rings. The minimum atomic E-state index is -0.794. The minimum absolute atomic E-state index is 0.0354. The Bertz CT molecular complexity index is 510. The van der Waals surface area contributed by atoms with Gasteiger partial charge in [0.1, 0.15) is 5.82 Å². The van der Waals surface area contributed by atoms with Gasteiger partial charge in [0.25, 0.3) is 5.91 Å². The molecule has 0 aliphatic carbocycles. The Balaban J connectivity index is 2.70. The van der Waals surface area contributed by atoms with Gasteiger partial charge < -0.3 is 10.1 Å². The van der Waals surface area contributed by atoms with E-state index in [-0.39, 0.29) is 12.3 Å². The van der Waals surface area contributed by atoms with Crippen LogP contribution in [0.25, 0.3) is 0 Å². The number of ether oxygens (including phenoxy) is 1. The number of carbonyl (C=O) groups excluding carboxylic acids is 1. The summed E-state index contributed by atoms with van der Waals surface area (Å²) in [5.74, 6) is 0.725. The number of terminal acetylenes is 1. The number of nitrogens with one attached hydrogen (secondary N) is 1. The summed E-state index contributed by atoms with van der Waals surface area (Å²) < 4.78 is 17.7. The maximum absolute atomic E-state index is 12.8. The maximum Gasteiger partial charge on any atom is 0.313 e. The molecule has 1 aromatic rings. The SMILES string of the molecule is C#CCNC(=O)COc1ccc(F)cc1[N+](=O)[O-]. The van der Waals surface area contributed by atoms with Crippen LogP contribution in [0.3, 0.4) is 0 Å². The third-order valence-corrected chi connectivity index (χ3v) is 1.86. The van der Waals surface area contributed by atoms with Crippen molar-refractivity contribution in [2.75, 3.05) is 13.2 Å².